The van der Waals surface area contributed by atoms with Crippen LogP contribution in [0.5, 0.6) is 0 Å². The maximum atomic E-state index is 3.39. The zero-order chi connectivity index (χ0) is 10.8. The third-order valence-electron chi connectivity index (χ3n) is 1.81. The molecule has 0 heterocycles. The quantitative estimate of drug-likeness (QED) is 0.774. The lowest BCUT2D eigenvalue weighted by Gasteiger charge is -2.07. The third kappa shape index (κ3) is 6.67. The predicted molar refractivity (Wildman–Crippen MR) is 64.6 cm³/mol. The molecule has 1 heteroatoms. The molecule has 0 bridgehead atoms. The average molecular weight is 193 g/mol. The summed E-state index contributed by atoms with van der Waals surface area (Å²) < 4.78 is 0. The molecule has 0 radical (unpaired) electrons. The Morgan fingerprint density at radius 2 is 1.64 bits per heavy atom. The summed E-state index contributed by atoms with van der Waals surface area (Å²) in [7, 11) is 0. The van der Waals surface area contributed by atoms with Crippen LogP contribution in [0.1, 0.15) is 33.3 Å². The van der Waals surface area contributed by atoms with E-state index in [2.05, 4.69) is 49.5 Å². The normalized spacial score (nSPS) is 9.50. The van der Waals surface area contributed by atoms with Crippen LogP contribution >= 0.6 is 0 Å². The largest absolute Gasteiger partial charge is 0.314 e. The van der Waals surface area contributed by atoms with E-state index >= 15 is 0 Å². The minimum atomic E-state index is 0.591. The lowest BCUT2D eigenvalue weighted by atomic mass is 10.1. The average Bonchev–Trinajstić information content (AvgIpc) is 2.22. The van der Waals surface area contributed by atoms with Crippen LogP contribution in [0.3, 0.4) is 0 Å². The summed E-state index contributed by atoms with van der Waals surface area (Å²) in [5, 5.41) is 3.39. The Bertz CT molecular complexity index is 204. The Kier molecular flexibility index (Phi) is 8.25. The molecule has 1 rings (SSSR count). The van der Waals surface area contributed by atoms with Crippen LogP contribution in [-0.2, 0) is 6.42 Å². The van der Waals surface area contributed by atoms with Gasteiger partial charge in [0.1, 0.15) is 0 Å². The second-order valence-electron chi connectivity index (χ2n) is 3.34. The molecule has 1 nitrogen and oxygen atoms in total. The second kappa shape index (κ2) is 8.76. The molecule has 1 aromatic rings. The van der Waals surface area contributed by atoms with E-state index in [0.29, 0.717) is 6.04 Å². The van der Waals surface area contributed by atoms with Crippen LogP contribution < -0.4 is 5.32 Å². The molecule has 0 saturated heterocycles. The SMILES string of the molecule is CC.CC(C)NCCc1ccccc1. The van der Waals surface area contributed by atoms with E-state index in [0.717, 1.165) is 13.0 Å². The molecule has 0 atom stereocenters. The molecule has 1 N–H and O–H groups in total. The van der Waals surface area contributed by atoms with Crippen molar-refractivity contribution in [2.75, 3.05) is 6.54 Å². The lowest BCUT2D eigenvalue weighted by molar-refractivity contribution is 0.590. The minimum Gasteiger partial charge on any atom is -0.314 e. The van der Waals surface area contributed by atoms with Gasteiger partial charge in [-0.1, -0.05) is 58.0 Å². The van der Waals surface area contributed by atoms with Gasteiger partial charge in [0.25, 0.3) is 0 Å². The van der Waals surface area contributed by atoms with E-state index in [9.17, 15) is 0 Å². The summed E-state index contributed by atoms with van der Waals surface area (Å²) >= 11 is 0. The van der Waals surface area contributed by atoms with Gasteiger partial charge in [-0.2, -0.15) is 0 Å². The van der Waals surface area contributed by atoms with Gasteiger partial charge in [-0.05, 0) is 18.5 Å². The van der Waals surface area contributed by atoms with Gasteiger partial charge in [0, 0.05) is 6.04 Å². The van der Waals surface area contributed by atoms with E-state index in [4.69, 9.17) is 0 Å². The Labute approximate surface area is 88.5 Å². The van der Waals surface area contributed by atoms with Gasteiger partial charge < -0.3 is 5.32 Å². The zero-order valence-electron chi connectivity index (χ0n) is 9.88. The van der Waals surface area contributed by atoms with Crippen molar-refractivity contribution in [2.24, 2.45) is 0 Å². The molecule has 0 saturated carbocycles. The molecule has 80 valence electrons. The first-order valence-electron chi connectivity index (χ1n) is 5.56. The van der Waals surface area contributed by atoms with Gasteiger partial charge in [-0.25, -0.2) is 0 Å². The topological polar surface area (TPSA) is 12.0 Å². The maximum absolute atomic E-state index is 3.39. The van der Waals surface area contributed by atoms with Gasteiger partial charge in [0.05, 0.1) is 0 Å². The summed E-state index contributed by atoms with van der Waals surface area (Å²) in [6.07, 6.45) is 1.12. The number of hydrogen-bond acceptors (Lipinski definition) is 1. The fraction of sp³-hybridized carbons (Fsp3) is 0.538. The standard InChI is InChI=1S/C11H17N.C2H6/c1-10(2)12-9-8-11-6-4-3-5-7-11;1-2/h3-7,10,12H,8-9H2,1-2H3;1-2H3. The van der Waals surface area contributed by atoms with Crippen molar-refractivity contribution in [3.63, 3.8) is 0 Å². The highest BCUT2D eigenvalue weighted by molar-refractivity contribution is 5.14. The predicted octanol–water partition coefficient (Wildman–Crippen LogP) is 3.25. The van der Waals surface area contributed by atoms with Gasteiger partial charge >= 0.3 is 0 Å². The van der Waals surface area contributed by atoms with Gasteiger partial charge in [-0.3, -0.25) is 0 Å². The first-order valence-corrected chi connectivity index (χ1v) is 5.56. The Morgan fingerprint density at radius 3 is 2.14 bits per heavy atom. The molecule has 0 aromatic heterocycles. The number of nitrogens with one attached hydrogen (secondary N) is 1. The Morgan fingerprint density at radius 1 is 1.07 bits per heavy atom. The lowest BCUT2D eigenvalue weighted by Crippen LogP contribution is -2.24. The molecular formula is C13H23N. The van der Waals surface area contributed by atoms with Crippen molar-refractivity contribution in [2.45, 2.75) is 40.2 Å². The molecule has 0 unspecified atom stereocenters. The van der Waals surface area contributed by atoms with Gasteiger partial charge in [-0.15, -0.1) is 0 Å². The van der Waals surface area contributed by atoms with Crippen molar-refractivity contribution in [1.82, 2.24) is 5.32 Å². The molecule has 0 aliphatic carbocycles. The van der Waals surface area contributed by atoms with Crippen LogP contribution in [0.25, 0.3) is 0 Å². The summed E-state index contributed by atoms with van der Waals surface area (Å²) in [6, 6.07) is 11.2. The molecule has 0 aliphatic rings. The first-order chi connectivity index (χ1) is 6.79. The van der Waals surface area contributed by atoms with Crippen molar-refractivity contribution in [1.29, 1.82) is 0 Å². The van der Waals surface area contributed by atoms with Crippen LogP contribution in [0, 0.1) is 0 Å². The van der Waals surface area contributed by atoms with Crippen LogP contribution in [0.15, 0.2) is 30.3 Å². The summed E-state index contributed by atoms with van der Waals surface area (Å²) in [4.78, 5) is 0. The summed E-state index contributed by atoms with van der Waals surface area (Å²) in [6.45, 7) is 9.41. The van der Waals surface area contributed by atoms with Crippen LogP contribution in [0.4, 0.5) is 0 Å². The van der Waals surface area contributed by atoms with E-state index in [-0.39, 0.29) is 0 Å². The highest BCUT2D eigenvalue weighted by Gasteiger charge is 1.92. The summed E-state index contributed by atoms with van der Waals surface area (Å²) in [5.74, 6) is 0. The Hall–Kier alpha value is -0.820. The van der Waals surface area contributed by atoms with E-state index in [1.54, 1.807) is 0 Å². The number of benzene rings is 1. The third-order valence-corrected chi connectivity index (χ3v) is 1.81. The van der Waals surface area contributed by atoms with Crippen molar-refractivity contribution < 1.29 is 0 Å². The fourth-order valence-corrected chi connectivity index (χ4v) is 1.15. The van der Waals surface area contributed by atoms with E-state index in [1.165, 1.54) is 5.56 Å². The maximum Gasteiger partial charge on any atom is 0.00105 e. The summed E-state index contributed by atoms with van der Waals surface area (Å²) in [5.41, 5.74) is 1.41. The van der Waals surface area contributed by atoms with Crippen molar-refractivity contribution in [3.8, 4) is 0 Å². The number of rotatable bonds is 4. The van der Waals surface area contributed by atoms with Crippen LogP contribution in [0.2, 0.25) is 0 Å². The zero-order valence-corrected chi connectivity index (χ0v) is 9.88. The molecule has 14 heavy (non-hydrogen) atoms. The highest BCUT2D eigenvalue weighted by atomic mass is 14.9. The highest BCUT2D eigenvalue weighted by Crippen LogP contribution is 1.98. The fourth-order valence-electron chi connectivity index (χ4n) is 1.15. The first kappa shape index (κ1) is 13.2. The van der Waals surface area contributed by atoms with Crippen LogP contribution in [-0.4, -0.2) is 12.6 Å². The Balaban J connectivity index is 0.000000791. The monoisotopic (exact) mass is 193 g/mol. The van der Waals surface area contributed by atoms with E-state index in [1.807, 2.05) is 13.8 Å². The van der Waals surface area contributed by atoms with Gasteiger partial charge in [0.2, 0.25) is 0 Å². The second-order valence-corrected chi connectivity index (χ2v) is 3.34. The minimum absolute atomic E-state index is 0.591. The number of hydrogen-bond donors (Lipinski definition) is 1. The smallest absolute Gasteiger partial charge is 0.00105 e. The molecule has 1 aromatic carbocycles. The molecule has 0 aliphatic heterocycles. The molecular weight excluding hydrogens is 170 g/mol. The van der Waals surface area contributed by atoms with Crippen molar-refractivity contribution in [3.05, 3.63) is 35.9 Å². The van der Waals surface area contributed by atoms with Crippen molar-refractivity contribution >= 4 is 0 Å². The molecule has 0 fully saturated rings. The molecule has 0 spiro atoms. The van der Waals surface area contributed by atoms with Gasteiger partial charge in [0.15, 0.2) is 0 Å². The van der Waals surface area contributed by atoms with E-state index < -0.39 is 0 Å². The molecule has 0 amide bonds.